The zero-order valence-electron chi connectivity index (χ0n) is 12.9. The second-order valence-electron chi connectivity index (χ2n) is 5.27. The molecule has 0 aliphatic carbocycles. The third-order valence-corrected chi connectivity index (χ3v) is 3.49. The van der Waals surface area contributed by atoms with Gasteiger partial charge in [0.05, 0.1) is 4.92 Å². The first-order chi connectivity index (χ1) is 10.1. The zero-order chi connectivity index (χ0) is 15.5. The first-order valence-electron chi connectivity index (χ1n) is 7.72. The lowest BCUT2D eigenvalue weighted by atomic mass is 10.0. The number of allylic oxidation sites excluding steroid dienone is 3. The van der Waals surface area contributed by atoms with Gasteiger partial charge in [-0.25, -0.2) is 0 Å². The molecule has 1 aromatic carbocycles. The second kappa shape index (κ2) is 9.92. The molecule has 0 N–H and O–H groups in total. The predicted molar refractivity (Wildman–Crippen MR) is 89.3 cm³/mol. The van der Waals surface area contributed by atoms with E-state index >= 15 is 0 Å². The van der Waals surface area contributed by atoms with Crippen LogP contribution in [0.3, 0.4) is 0 Å². The highest BCUT2D eigenvalue weighted by Crippen LogP contribution is 2.21. The van der Waals surface area contributed by atoms with Crippen LogP contribution in [0.2, 0.25) is 0 Å². The van der Waals surface area contributed by atoms with Crippen LogP contribution in [0.4, 0.5) is 5.69 Å². The minimum absolute atomic E-state index is 0.124. The lowest BCUT2D eigenvalue weighted by molar-refractivity contribution is -0.384. The van der Waals surface area contributed by atoms with Crippen LogP contribution in [0.25, 0.3) is 5.57 Å². The van der Waals surface area contributed by atoms with Crippen molar-refractivity contribution >= 4 is 11.3 Å². The molecule has 0 saturated heterocycles. The molecule has 0 fully saturated rings. The summed E-state index contributed by atoms with van der Waals surface area (Å²) in [4.78, 5) is 10.2. The average Bonchev–Trinajstić information content (AvgIpc) is 2.49. The summed E-state index contributed by atoms with van der Waals surface area (Å²) >= 11 is 0. The quantitative estimate of drug-likeness (QED) is 0.232. The SMILES string of the molecule is C=C(CC/C=C/CCCCCC)c1ccc([N+](=O)[O-])cc1. The molecule has 0 saturated carbocycles. The normalized spacial score (nSPS) is 10.9. The van der Waals surface area contributed by atoms with Gasteiger partial charge in [0.15, 0.2) is 0 Å². The molecule has 21 heavy (non-hydrogen) atoms. The first-order valence-corrected chi connectivity index (χ1v) is 7.72. The van der Waals surface area contributed by atoms with E-state index in [1.165, 1.54) is 37.8 Å². The van der Waals surface area contributed by atoms with Crippen LogP contribution in [0, 0.1) is 10.1 Å². The van der Waals surface area contributed by atoms with Gasteiger partial charge in [0.1, 0.15) is 0 Å². The van der Waals surface area contributed by atoms with Gasteiger partial charge in [0.25, 0.3) is 5.69 Å². The molecule has 0 spiro atoms. The third-order valence-electron chi connectivity index (χ3n) is 3.49. The first kappa shape index (κ1) is 17.2. The molecule has 3 heteroatoms. The summed E-state index contributed by atoms with van der Waals surface area (Å²) in [7, 11) is 0. The van der Waals surface area contributed by atoms with Crippen molar-refractivity contribution < 1.29 is 4.92 Å². The smallest absolute Gasteiger partial charge is 0.258 e. The summed E-state index contributed by atoms with van der Waals surface area (Å²) in [6.45, 7) is 6.28. The van der Waals surface area contributed by atoms with Crippen LogP contribution >= 0.6 is 0 Å². The predicted octanol–water partition coefficient (Wildman–Crippen LogP) is 5.91. The number of nitro benzene ring substituents is 1. The molecule has 1 rings (SSSR count). The highest BCUT2D eigenvalue weighted by atomic mass is 16.6. The van der Waals surface area contributed by atoms with Gasteiger partial charge in [-0.3, -0.25) is 10.1 Å². The van der Waals surface area contributed by atoms with Crippen molar-refractivity contribution in [3.63, 3.8) is 0 Å². The van der Waals surface area contributed by atoms with Crippen LogP contribution < -0.4 is 0 Å². The van der Waals surface area contributed by atoms with Crippen molar-refractivity contribution in [2.24, 2.45) is 0 Å². The van der Waals surface area contributed by atoms with E-state index in [-0.39, 0.29) is 10.6 Å². The second-order valence-corrected chi connectivity index (χ2v) is 5.27. The molecule has 0 atom stereocenters. The highest BCUT2D eigenvalue weighted by molar-refractivity contribution is 5.64. The molecular weight excluding hydrogens is 262 g/mol. The van der Waals surface area contributed by atoms with E-state index in [9.17, 15) is 10.1 Å². The van der Waals surface area contributed by atoms with Crippen LogP contribution in [0.15, 0.2) is 43.0 Å². The van der Waals surface area contributed by atoms with Crippen molar-refractivity contribution in [1.29, 1.82) is 0 Å². The Labute approximate surface area is 127 Å². The largest absolute Gasteiger partial charge is 0.269 e. The molecule has 0 bridgehead atoms. The van der Waals surface area contributed by atoms with Crippen LogP contribution in [-0.2, 0) is 0 Å². The van der Waals surface area contributed by atoms with E-state index in [1.807, 2.05) is 0 Å². The van der Waals surface area contributed by atoms with Crippen molar-refractivity contribution in [3.05, 3.63) is 58.7 Å². The molecule has 114 valence electrons. The molecule has 0 amide bonds. The van der Waals surface area contributed by atoms with Crippen molar-refractivity contribution in [2.45, 2.75) is 51.9 Å². The maximum absolute atomic E-state index is 10.6. The van der Waals surface area contributed by atoms with E-state index in [4.69, 9.17) is 0 Å². The van der Waals surface area contributed by atoms with Gasteiger partial charge in [0.2, 0.25) is 0 Å². The van der Waals surface area contributed by atoms with Gasteiger partial charge >= 0.3 is 0 Å². The summed E-state index contributed by atoms with van der Waals surface area (Å²) in [5, 5.41) is 10.6. The summed E-state index contributed by atoms with van der Waals surface area (Å²) in [5.74, 6) is 0. The Bertz CT molecular complexity index is 474. The third kappa shape index (κ3) is 6.89. The Kier molecular flexibility index (Phi) is 8.10. The Morgan fingerprint density at radius 3 is 2.43 bits per heavy atom. The fraction of sp³-hybridized carbons (Fsp3) is 0.444. The van der Waals surface area contributed by atoms with E-state index < -0.39 is 0 Å². The van der Waals surface area contributed by atoms with Crippen LogP contribution in [0.1, 0.15) is 57.4 Å². The number of hydrogen-bond acceptors (Lipinski definition) is 2. The maximum Gasteiger partial charge on any atom is 0.269 e. The summed E-state index contributed by atoms with van der Waals surface area (Å²) < 4.78 is 0. The van der Waals surface area contributed by atoms with Crippen molar-refractivity contribution in [1.82, 2.24) is 0 Å². The van der Waals surface area contributed by atoms with Gasteiger partial charge in [-0.2, -0.15) is 0 Å². The number of hydrogen-bond donors (Lipinski definition) is 0. The molecule has 0 aliphatic rings. The molecule has 0 aliphatic heterocycles. The van der Waals surface area contributed by atoms with E-state index in [0.717, 1.165) is 30.4 Å². The fourth-order valence-electron chi connectivity index (χ4n) is 2.15. The van der Waals surface area contributed by atoms with Crippen LogP contribution in [-0.4, -0.2) is 4.92 Å². The summed E-state index contributed by atoms with van der Waals surface area (Å²) in [5.41, 5.74) is 2.14. The molecule has 0 radical (unpaired) electrons. The highest BCUT2D eigenvalue weighted by Gasteiger charge is 2.05. The lowest BCUT2D eigenvalue weighted by Gasteiger charge is -2.03. The summed E-state index contributed by atoms with van der Waals surface area (Å²) in [6, 6.07) is 6.61. The van der Waals surface area contributed by atoms with Gasteiger partial charge in [-0.1, -0.05) is 44.9 Å². The summed E-state index contributed by atoms with van der Waals surface area (Å²) in [6.07, 6.45) is 12.7. The molecule has 1 aromatic rings. The average molecular weight is 287 g/mol. The Morgan fingerprint density at radius 1 is 1.14 bits per heavy atom. The molecular formula is C18H25NO2. The lowest BCUT2D eigenvalue weighted by Crippen LogP contribution is -1.88. The van der Waals surface area contributed by atoms with E-state index in [1.54, 1.807) is 12.1 Å². The Hall–Kier alpha value is -1.90. The van der Waals surface area contributed by atoms with Gasteiger partial charge in [-0.05, 0) is 49.0 Å². The van der Waals surface area contributed by atoms with Gasteiger partial charge in [0, 0.05) is 12.1 Å². The fourth-order valence-corrected chi connectivity index (χ4v) is 2.15. The standard InChI is InChI=1S/C18H25NO2/c1-3-4-5-6-7-8-9-10-11-16(2)17-12-14-18(15-13-17)19(20)21/h8-9,12-15H,2-7,10-11H2,1H3/b9-8+. The number of unbranched alkanes of at least 4 members (excludes halogenated alkanes) is 4. The van der Waals surface area contributed by atoms with Crippen molar-refractivity contribution in [3.8, 4) is 0 Å². The number of rotatable bonds is 10. The maximum atomic E-state index is 10.6. The van der Waals surface area contributed by atoms with E-state index in [2.05, 4.69) is 25.7 Å². The minimum Gasteiger partial charge on any atom is -0.258 e. The number of nitro groups is 1. The number of benzene rings is 1. The monoisotopic (exact) mass is 287 g/mol. The molecule has 0 aromatic heterocycles. The zero-order valence-corrected chi connectivity index (χ0v) is 12.9. The van der Waals surface area contributed by atoms with Gasteiger partial charge in [-0.15, -0.1) is 0 Å². The van der Waals surface area contributed by atoms with Crippen molar-refractivity contribution in [2.75, 3.05) is 0 Å². The van der Waals surface area contributed by atoms with Crippen LogP contribution in [0.5, 0.6) is 0 Å². The molecule has 3 nitrogen and oxygen atoms in total. The minimum atomic E-state index is -0.381. The molecule has 0 unspecified atom stereocenters. The Balaban J connectivity index is 2.27. The number of non-ortho nitro benzene ring substituents is 1. The Morgan fingerprint density at radius 2 is 1.81 bits per heavy atom. The van der Waals surface area contributed by atoms with E-state index in [0.29, 0.717) is 0 Å². The topological polar surface area (TPSA) is 43.1 Å². The van der Waals surface area contributed by atoms with Gasteiger partial charge < -0.3 is 0 Å². The molecule has 0 heterocycles. The number of nitrogens with zero attached hydrogens (tertiary/aromatic N) is 1.